The highest BCUT2D eigenvalue weighted by Crippen LogP contribution is 2.18. The molecule has 100 valence electrons. The number of aromatic nitrogens is 1. The monoisotopic (exact) mass is 247 g/mol. The van der Waals surface area contributed by atoms with Gasteiger partial charge in [0.15, 0.2) is 0 Å². The van der Waals surface area contributed by atoms with Gasteiger partial charge >= 0.3 is 0 Å². The van der Waals surface area contributed by atoms with Crippen molar-refractivity contribution in [2.45, 2.75) is 27.3 Å². The zero-order valence-corrected chi connectivity index (χ0v) is 11.8. The van der Waals surface area contributed by atoms with E-state index in [0.29, 0.717) is 0 Å². The van der Waals surface area contributed by atoms with Crippen LogP contribution >= 0.6 is 0 Å². The van der Waals surface area contributed by atoms with Gasteiger partial charge in [-0.15, -0.1) is 0 Å². The maximum atomic E-state index is 4.60. The lowest BCUT2D eigenvalue weighted by atomic mass is 9.97. The normalized spacial score (nSPS) is 23.8. The van der Waals surface area contributed by atoms with Crippen LogP contribution in [0.3, 0.4) is 0 Å². The van der Waals surface area contributed by atoms with Crippen LogP contribution in [0.1, 0.15) is 25.2 Å². The number of nitrogens with one attached hydrogen (secondary N) is 1. The van der Waals surface area contributed by atoms with Crippen LogP contribution in [-0.2, 0) is 6.54 Å². The molecule has 0 unspecified atom stereocenters. The molecular formula is C15H25N3. The van der Waals surface area contributed by atoms with E-state index in [9.17, 15) is 0 Å². The molecule has 0 spiro atoms. The fraction of sp³-hybridized carbons (Fsp3) is 0.667. The molecule has 2 heterocycles. The van der Waals surface area contributed by atoms with Crippen molar-refractivity contribution in [2.75, 3.05) is 26.2 Å². The highest BCUT2D eigenvalue weighted by atomic mass is 15.1. The van der Waals surface area contributed by atoms with Gasteiger partial charge in [0.25, 0.3) is 0 Å². The molecule has 2 rings (SSSR count). The van der Waals surface area contributed by atoms with Gasteiger partial charge in [-0.25, -0.2) is 0 Å². The molecule has 1 aliphatic heterocycles. The predicted octanol–water partition coefficient (Wildman–Crippen LogP) is 2.07. The minimum Gasteiger partial charge on any atom is -0.316 e. The number of rotatable bonds is 5. The van der Waals surface area contributed by atoms with E-state index in [0.717, 1.165) is 30.6 Å². The number of hydrogen-bond acceptors (Lipinski definition) is 3. The Bertz CT molecular complexity index is 378. The van der Waals surface area contributed by atoms with E-state index in [1.54, 1.807) is 0 Å². The molecule has 2 atom stereocenters. The van der Waals surface area contributed by atoms with Crippen LogP contribution in [0, 0.1) is 18.8 Å². The highest BCUT2D eigenvalue weighted by molar-refractivity contribution is 5.09. The van der Waals surface area contributed by atoms with E-state index in [2.05, 4.69) is 54.2 Å². The van der Waals surface area contributed by atoms with E-state index < -0.39 is 0 Å². The summed E-state index contributed by atoms with van der Waals surface area (Å²) >= 11 is 0. The Morgan fingerprint density at radius 1 is 1.39 bits per heavy atom. The van der Waals surface area contributed by atoms with E-state index in [1.165, 1.54) is 25.3 Å². The number of hydrogen-bond donors (Lipinski definition) is 1. The summed E-state index contributed by atoms with van der Waals surface area (Å²) in [5, 5.41) is 3.48. The average molecular weight is 247 g/mol. The lowest BCUT2D eigenvalue weighted by Crippen LogP contribution is -2.32. The van der Waals surface area contributed by atoms with Crippen molar-refractivity contribution in [1.82, 2.24) is 15.2 Å². The number of nitrogens with zero attached hydrogens (tertiary/aromatic N) is 2. The summed E-state index contributed by atoms with van der Waals surface area (Å²) in [7, 11) is 0. The Morgan fingerprint density at radius 2 is 2.22 bits per heavy atom. The van der Waals surface area contributed by atoms with Crippen molar-refractivity contribution in [2.24, 2.45) is 11.8 Å². The van der Waals surface area contributed by atoms with Gasteiger partial charge in [0.2, 0.25) is 0 Å². The second kappa shape index (κ2) is 6.30. The maximum Gasteiger partial charge on any atom is 0.0547 e. The Labute approximate surface area is 111 Å². The molecule has 1 aromatic rings. The van der Waals surface area contributed by atoms with Crippen LogP contribution in [0.5, 0.6) is 0 Å². The molecule has 3 heteroatoms. The largest absolute Gasteiger partial charge is 0.316 e. The van der Waals surface area contributed by atoms with Crippen LogP contribution in [0.4, 0.5) is 0 Å². The van der Waals surface area contributed by atoms with Crippen molar-refractivity contribution in [1.29, 1.82) is 0 Å². The lowest BCUT2D eigenvalue weighted by molar-refractivity contribution is 0.218. The first-order chi connectivity index (χ1) is 8.69. The first kappa shape index (κ1) is 13.5. The minimum absolute atomic E-state index is 0.787. The van der Waals surface area contributed by atoms with Gasteiger partial charge in [0.05, 0.1) is 5.69 Å². The minimum atomic E-state index is 0.787. The Kier molecular flexibility index (Phi) is 4.72. The van der Waals surface area contributed by atoms with Gasteiger partial charge < -0.3 is 5.32 Å². The molecule has 1 saturated heterocycles. The molecule has 3 nitrogen and oxygen atoms in total. The molecule has 0 saturated carbocycles. The van der Waals surface area contributed by atoms with Crippen molar-refractivity contribution < 1.29 is 0 Å². The van der Waals surface area contributed by atoms with Crippen LogP contribution in [0.15, 0.2) is 18.2 Å². The summed E-state index contributed by atoms with van der Waals surface area (Å²) in [6.45, 7) is 12.2. The van der Waals surface area contributed by atoms with Crippen LogP contribution in [0.25, 0.3) is 0 Å². The third-order valence-electron chi connectivity index (χ3n) is 3.95. The summed E-state index contributed by atoms with van der Waals surface area (Å²) in [5.74, 6) is 1.58. The maximum absolute atomic E-state index is 4.60. The van der Waals surface area contributed by atoms with Crippen molar-refractivity contribution in [3.63, 3.8) is 0 Å². The van der Waals surface area contributed by atoms with E-state index >= 15 is 0 Å². The van der Waals surface area contributed by atoms with E-state index in [4.69, 9.17) is 0 Å². The molecule has 0 radical (unpaired) electrons. The summed E-state index contributed by atoms with van der Waals surface area (Å²) in [5.41, 5.74) is 2.30. The van der Waals surface area contributed by atoms with Gasteiger partial charge in [0, 0.05) is 18.8 Å². The fourth-order valence-corrected chi connectivity index (χ4v) is 2.66. The zero-order chi connectivity index (χ0) is 13.0. The predicted molar refractivity (Wildman–Crippen MR) is 75.4 cm³/mol. The Hall–Kier alpha value is -0.930. The average Bonchev–Trinajstić information content (AvgIpc) is 2.74. The van der Waals surface area contributed by atoms with Gasteiger partial charge in [-0.05, 0) is 50.5 Å². The Balaban J connectivity index is 1.92. The molecule has 0 amide bonds. The van der Waals surface area contributed by atoms with Crippen molar-refractivity contribution >= 4 is 0 Å². The van der Waals surface area contributed by atoms with Gasteiger partial charge in [-0.3, -0.25) is 9.88 Å². The summed E-state index contributed by atoms with van der Waals surface area (Å²) in [4.78, 5) is 7.11. The second-order valence-corrected chi connectivity index (χ2v) is 5.49. The van der Waals surface area contributed by atoms with Gasteiger partial charge in [0.1, 0.15) is 0 Å². The molecule has 1 N–H and O–H groups in total. The third kappa shape index (κ3) is 3.53. The van der Waals surface area contributed by atoms with Crippen LogP contribution in [0.2, 0.25) is 0 Å². The number of pyridine rings is 1. The quantitative estimate of drug-likeness (QED) is 0.863. The number of aryl methyl sites for hydroxylation is 1. The van der Waals surface area contributed by atoms with Gasteiger partial charge in [-0.1, -0.05) is 19.9 Å². The fourth-order valence-electron chi connectivity index (χ4n) is 2.66. The first-order valence-electron chi connectivity index (χ1n) is 7.04. The zero-order valence-electron chi connectivity index (χ0n) is 11.8. The third-order valence-corrected chi connectivity index (χ3v) is 3.95. The SMILES string of the molecule is CCN(Cc1cccc(C)n1)C[C@@H]1CNC[C@H]1C. The second-order valence-electron chi connectivity index (χ2n) is 5.49. The standard InChI is InChI=1S/C15H25N3/c1-4-18(10-14-9-16-8-12(14)2)11-15-7-5-6-13(3)17-15/h5-7,12,14,16H,4,8-11H2,1-3H3/t12-,14+/m1/s1. The summed E-state index contributed by atoms with van der Waals surface area (Å²) < 4.78 is 0. The van der Waals surface area contributed by atoms with E-state index in [-0.39, 0.29) is 0 Å². The topological polar surface area (TPSA) is 28.2 Å². The van der Waals surface area contributed by atoms with Gasteiger partial charge in [-0.2, -0.15) is 0 Å². The highest BCUT2D eigenvalue weighted by Gasteiger charge is 2.24. The molecule has 0 bridgehead atoms. The molecule has 18 heavy (non-hydrogen) atoms. The molecule has 0 aromatic carbocycles. The molecular weight excluding hydrogens is 222 g/mol. The summed E-state index contributed by atoms with van der Waals surface area (Å²) in [6.07, 6.45) is 0. The van der Waals surface area contributed by atoms with E-state index in [1.807, 2.05) is 0 Å². The first-order valence-corrected chi connectivity index (χ1v) is 7.04. The molecule has 1 aromatic heterocycles. The molecule has 0 aliphatic carbocycles. The van der Waals surface area contributed by atoms with Crippen LogP contribution < -0.4 is 5.32 Å². The Morgan fingerprint density at radius 3 is 2.83 bits per heavy atom. The van der Waals surface area contributed by atoms with Crippen molar-refractivity contribution in [3.05, 3.63) is 29.6 Å². The lowest BCUT2D eigenvalue weighted by Gasteiger charge is -2.25. The molecule has 1 aliphatic rings. The molecule has 1 fully saturated rings. The smallest absolute Gasteiger partial charge is 0.0547 e. The summed E-state index contributed by atoms with van der Waals surface area (Å²) in [6, 6.07) is 6.29. The van der Waals surface area contributed by atoms with Crippen LogP contribution in [-0.4, -0.2) is 36.1 Å². The van der Waals surface area contributed by atoms with Crippen molar-refractivity contribution in [3.8, 4) is 0 Å².